The van der Waals surface area contributed by atoms with Crippen LogP contribution in [0.5, 0.6) is 0 Å². The summed E-state index contributed by atoms with van der Waals surface area (Å²) >= 11 is 0. The van der Waals surface area contributed by atoms with Crippen molar-refractivity contribution >= 4 is 33.3 Å². The molecule has 2 rings (SSSR count). The van der Waals surface area contributed by atoms with E-state index in [4.69, 9.17) is 4.74 Å². The molecule has 0 aliphatic heterocycles. The van der Waals surface area contributed by atoms with Crippen LogP contribution >= 0.6 is 0 Å². The summed E-state index contributed by atoms with van der Waals surface area (Å²) in [4.78, 5) is 34.0. The molecule has 160 valence electrons. The van der Waals surface area contributed by atoms with Crippen LogP contribution in [0.25, 0.3) is 0 Å². The zero-order valence-electron chi connectivity index (χ0n) is 16.3. The van der Waals surface area contributed by atoms with Crippen molar-refractivity contribution in [2.24, 2.45) is 0 Å². The third kappa shape index (κ3) is 6.01. The molecule has 0 aromatic heterocycles. The first-order valence-electron chi connectivity index (χ1n) is 8.97. The number of rotatable bonds is 9. The molecular weight excluding hydrogens is 414 g/mol. The highest BCUT2D eigenvalue weighted by Crippen LogP contribution is 2.23. The molecule has 0 aliphatic carbocycles. The number of esters is 1. The van der Waals surface area contributed by atoms with Crippen LogP contribution in [0.1, 0.15) is 30.6 Å². The van der Waals surface area contributed by atoms with E-state index in [1.54, 1.807) is 6.92 Å². The Bertz CT molecular complexity index is 1050. The summed E-state index contributed by atoms with van der Waals surface area (Å²) in [5.74, 6) is -1.38. The lowest BCUT2D eigenvalue weighted by molar-refractivity contribution is -0.385. The number of nitro benzene ring substituents is 1. The number of amides is 1. The summed E-state index contributed by atoms with van der Waals surface area (Å²) in [5.41, 5.74) is -0.586. The summed E-state index contributed by atoms with van der Waals surface area (Å²) in [6, 6.07) is 10.1. The van der Waals surface area contributed by atoms with Crippen LogP contribution in [0.3, 0.4) is 0 Å². The summed E-state index contributed by atoms with van der Waals surface area (Å²) < 4.78 is 32.4. The van der Waals surface area contributed by atoms with Crippen LogP contribution < -0.4 is 10.0 Å². The van der Waals surface area contributed by atoms with Gasteiger partial charge in [0.1, 0.15) is 0 Å². The highest BCUT2D eigenvalue weighted by atomic mass is 32.2. The van der Waals surface area contributed by atoms with E-state index in [-0.39, 0.29) is 22.2 Å². The number of hydrogen-bond donors (Lipinski definition) is 2. The van der Waals surface area contributed by atoms with E-state index in [0.29, 0.717) is 6.42 Å². The smallest absolute Gasteiger partial charge is 0.340 e. The van der Waals surface area contributed by atoms with Crippen LogP contribution in [-0.2, 0) is 19.6 Å². The van der Waals surface area contributed by atoms with Gasteiger partial charge in [0.05, 0.1) is 21.1 Å². The van der Waals surface area contributed by atoms with Crippen LogP contribution in [0.4, 0.5) is 11.4 Å². The molecule has 0 saturated carbocycles. The molecule has 0 spiro atoms. The molecule has 10 nitrogen and oxygen atoms in total. The molecule has 2 aromatic rings. The number of carbonyl (C=O) groups is 2. The van der Waals surface area contributed by atoms with E-state index in [2.05, 4.69) is 10.0 Å². The van der Waals surface area contributed by atoms with Crippen molar-refractivity contribution in [3.8, 4) is 0 Å². The number of benzene rings is 2. The van der Waals surface area contributed by atoms with Gasteiger partial charge in [-0.3, -0.25) is 19.6 Å². The first-order chi connectivity index (χ1) is 14.1. The maximum absolute atomic E-state index is 12.6. The average Bonchev–Trinajstić information content (AvgIpc) is 2.72. The standard InChI is InChI=1S/C19H21N3O7S/c1-3-13(2)20-18(23)12-29-19(24)16-9-4-5-10-17(16)21-30(27,28)15-8-6-7-14(11-15)22(25)26/h4-11,13,21H,3,12H2,1-2H3,(H,20,23). The van der Waals surface area contributed by atoms with Crippen molar-refractivity contribution < 1.29 is 27.7 Å². The normalized spacial score (nSPS) is 11.9. The summed E-state index contributed by atoms with van der Waals surface area (Å²) in [6.45, 7) is 3.17. The van der Waals surface area contributed by atoms with Gasteiger partial charge in [-0.2, -0.15) is 0 Å². The summed E-state index contributed by atoms with van der Waals surface area (Å²) in [7, 11) is -4.22. The predicted octanol–water partition coefficient (Wildman–Crippen LogP) is 2.47. The highest BCUT2D eigenvalue weighted by Gasteiger charge is 2.22. The Morgan fingerprint density at radius 3 is 2.53 bits per heavy atom. The van der Waals surface area contributed by atoms with Gasteiger partial charge in [-0.15, -0.1) is 0 Å². The van der Waals surface area contributed by atoms with Gasteiger partial charge in [-0.05, 0) is 31.5 Å². The average molecular weight is 435 g/mol. The number of para-hydroxylation sites is 1. The van der Waals surface area contributed by atoms with Crippen LogP contribution in [0.15, 0.2) is 53.4 Å². The van der Waals surface area contributed by atoms with Gasteiger partial charge >= 0.3 is 5.97 Å². The monoisotopic (exact) mass is 435 g/mol. The van der Waals surface area contributed by atoms with E-state index >= 15 is 0 Å². The largest absolute Gasteiger partial charge is 0.452 e. The zero-order chi connectivity index (χ0) is 22.3. The van der Waals surface area contributed by atoms with Gasteiger partial charge in [-0.25, -0.2) is 13.2 Å². The molecule has 1 atom stereocenters. The third-order valence-corrected chi connectivity index (χ3v) is 5.45. The second-order valence-electron chi connectivity index (χ2n) is 6.36. The molecule has 11 heteroatoms. The number of non-ortho nitro benzene ring substituents is 1. The summed E-state index contributed by atoms with van der Waals surface area (Å²) in [6.07, 6.45) is 0.710. The lowest BCUT2D eigenvalue weighted by atomic mass is 10.2. The van der Waals surface area contributed by atoms with Crippen molar-refractivity contribution in [1.29, 1.82) is 0 Å². The predicted molar refractivity (Wildman–Crippen MR) is 109 cm³/mol. The second-order valence-corrected chi connectivity index (χ2v) is 8.04. The molecular formula is C19H21N3O7S. The first-order valence-corrected chi connectivity index (χ1v) is 10.4. The maximum atomic E-state index is 12.6. The van der Waals surface area contributed by atoms with Crippen LogP contribution in [0, 0.1) is 10.1 Å². The fourth-order valence-corrected chi connectivity index (χ4v) is 3.46. The van der Waals surface area contributed by atoms with Gasteiger partial charge < -0.3 is 10.1 Å². The zero-order valence-corrected chi connectivity index (χ0v) is 17.1. The van der Waals surface area contributed by atoms with Gasteiger partial charge in [0.2, 0.25) is 0 Å². The van der Waals surface area contributed by atoms with E-state index in [0.717, 1.165) is 12.1 Å². The van der Waals surface area contributed by atoms with E-state index < -0.39 is 39.1 Å². The van der Waals surface area contributed by atoms with Crippen LogP contribution in [-0.4, -0.2) is 37.9 Å². The number of hydrogen-bond acceptors (Lipinski definition) is 7. The molecule has 0 heterocycles. The number of anilines is 1. The maximum Gasteiger partial charge on any atom is 0.340 e. The summed E-state index contributed by atoms with van der Waals surface area (Å²) in [5, 5.41) is 13.5. The molecule has 0 saturated heterocycles. The molecule has 0 aliphatic rings. The number of nitrogens with one attached hydrogen (secondary N) is 2. The Morgan fingerprint density at radius 2 is 1.87 bits per heavy atom. The number of ether oxygens (including phenoxy) is 1. The minimum absolute atomic E-state index is 0.0785. The topological polar surface area (TPSA) is 145 Å². The number of sulfonamides is 1. The molecule has 30 heavy (non-hydrogen) atoms. The van der Waals surface area contributed by atoms with Crippen LogP contribution in [0.2, 0.25) is 0 Å². The van der Waals surface area contributed by atoms with Gasteiger partial charge in [-0.1, -0.05) is 25.1 Å². The molecule has 0 radical (unpaired) electrons. The quantitative estimate of drug-likeness (QED) is 0.350. The Kier molecular flexibility index (Phi) is 7.48. The molecule has 2 aromatic carbocycles. The molecule has 2 N–H and O–H groups in total. The molecule has 1 unspecified atom stereocenters. The second kappa shape index (κ2) is 9.83. The third-order valence-electron chi connectivity index (χ3n) is 4.08. The van der Waals surface area contributed by atoms with Crippen molar-refractivity contribution in [2.45, 2.75) is 31.2 Å². The van der Waals surface area contributed by atoms with Crippen molar-refractivity contribution in [2.75, 3.05) is 11.3 Å². The van der Waals surface area contributed by atoms with E-state index in [1.165, 1.54) is 36.4 Å². The van der Waals surface area contributed by atoms with E-state index in [9.17, 15) is 28.1 Å². The first kappa shape index (κ1) is 22.8. The van der Waals surface area contributed by atoms with Crippen molar-refractivity contribution in [3.63, 3.8) is 0 Å². The fraction of sp³-hybridized carbons (Fsp3) is 0.263. The van der Waals surface area contributed by atoms with E-state index in [1.807, 2.05) is 6.92 Å². The van der Waals surface area contributed by atoms with Gasteiger partial charge in [0.15, 0.2) is 6.61 Å². The lowest BCUT2D eigenvalue weighted by Gasteiger charge is -2.13. The minimum Gasteiger partial charge on any atom is -0.452 e. The van der Waals surface area contributed by atoms with Gasteiger partial charge in [0, 0.05) is 18.2 Å². The fourth-order valence-electron chi connectivity index (χ4n) is 2.35. The number of carbonyl (C=O) groups excluding carboxylic acids is 2. The Labute approximate surface area is 173 Å². The van der Waals surface area contributed by atoms with Crippen molar-refractivity contribution in [1.82, 2.24) is 5.32 Å². The number of nitro groups is 1. The molecule has 1 amide bonds. The van der Waals surface area contributed by atoms with Crippen molar-refractivity contribution in [3.05, 3.63) is 64.2 Å². The minimum atomic E-state index is -4.22. The Balaban J connectivity index is 2.18. The Hall–Kier alpha value is -3.47. The highest BCUT2D eigenvalue weighted by molar-refractivity contribution is 7.92. The van der Waals surface area contributed by atoms with Gasteiger partial charge in [0.25, 0.3) is 21.6 Å². The lowest BCUT2D eigenvalue weighted by Crippen LogP contribution is -2.35. The number of nitrogens with zero attached hydrogens (tertiary/aromatic N) is 1. The molecule has 0 fully saturated rings. The molecule has 0 bridgehead atoms. The SMILES string of the molecule is CCC(C)NC(=O)COC(=O)c1ccccc1NS(=O)(=O)c1cccc([N+](=O)[O-])c1. The Morgan fingerprint density at radius 1 is 1.17 bits per heavy atom.